The van der Waals surface area contributed by atoms with Crippen molar-refractivity contribution in [1.82, 2.24) is 19.4 Å². The average Bonchev–Trinajstić information content (AvgIpc) is 3.30. The number of aryl methyl sites for hydroxylation is 1. The maximum atomic E-state index is 13.1. The second-order valence-corrected chi connectivity index (χ2v) is 8.73. The molecule has 0 radical (unpaired) electrons. The Morgan fingerprint density at radius 3 is 2.61 bits per heavy atom. The first-order chi connectivity index (χ1) is 13.6. The number of aromatic nitrogens is 2. The molecule has 3 fully saturated rings. The predicted molar refractivity (Wildman–Crippen MR) is 105 cm³/mol. The van der Waals surface area contributed by atoms with E-state index in [9.17, 15) is 9.59 Å². The third-order valence-electron chi connectivity index (χ3n) is 7.06. The summed E-state index contributed by atoms with van der Waals surface area (Å²) in [5, 5.41) is 0. The van der Waals surface area contributed by atoms with Gasteiger partial charge in [0.1, 0.15) is 5.69 Å². The first kappa shape index (κ1) is 19.4. The predicted octanol–water partition coefficient (Wildman–Crippen LogP) is 2.08. The normalized spacial score (nSPS) is 24.7. The Morgan fingerprint density at radius 2 is 1.93 bits per heavy atom. The fraction of sp³-hybridized carbons (Fsp3) is 0.762. The van der Waals surface area contributed by atoms with Crippen LogP contribution in [0.5, 0.6) is 0 Å². The molecule has 1 aromatic heterocycles. The minimum absolute atomic E-state index is 0.0759. The van der Waals surface area contributed by atoms with Gasteiger partial charge in [-0.05, 0) is 30.6 Å². The zero-order chi connectivity index (χ0) is 19.6. The summed E-state index contributed by atoms with van der Waals surface area (Å²) in [7, 11) is 1.87. The van der Waals surface area contributed by atoms with Gasteiger partial charge in [-0.2, -0.15) is 0 Å². The van der Waals surface area contributed by atoms with E-state index in [1.54, 1.807) is 17.1 Å². The molecule has 3 heterocycles. The van der Waals surface area contributed by atoms with E-state index in [1.165, 1.54) is 32.1 Å². The van der Waals surface area contributed by atoms with E-state index < -0.39 is 0 Å². The Bertz CT molecular complexity index is 704. The van der Waals surface area contributed by atoms with Gasteiger partial charge in [-0.1, -0.05) is 19.3 Å². The fourth-order valence-corrected chi connectivity index (χ4v) is 5.40. The van der Waals surface area contributed by atoms with Gasteiger partial charge in [0, 0.05) is 39.6 Å². The lowest BCUT2D eigenvalue weighted by molar-refractivity contribution is -0.135. The minimum atomic E-state index is 0.0759. The molecule has 4 rings (SSSR count). The van der Waals surface area contributed by atoms with Crippen molar-refractivity contribution in [3.05, 3.63) is 18.2 Å². The number of hydrogen-bond donors (Lipinski definition) is 0. The van der Waals surface area contributed by atoms with Gasteiger partial charge in [-0.25, -0.2) is 4.98 Å². The van der Waals surface area contributed by atoms with Crippen LogP contribution in [-0.4, -0.2) is 70.6 Å². The highest BCUT2D eigenvalue weighted by atomic mass is 16.5. The second kappa shape index (κ2) is 8.23. The van der Waals surface area contributed by atoms with Crippen molar-refractivity contribution in [1.29, 1.82) is 0 Å². The fourth-order valence-electron chi connectivity index (χ4n) is 5.40. The monoisotopic (exact) mass is 388 g/mol. The summed E-state index contributed by atoms with van der Waals surface area (Å²) in [6, 6.07) is 0. The molecule has 1 spiro atoms. The first-order valence-electron chi connectivity index (χ1n) is 10.7. The van der Waals surface area contributed by atoms with Crippen molar-refractivity contribution in [2.45, 2.75) is 44.9 Å². The van der Waals surface area contributed by atoms with Crippen LogP contribution in [0.1, 0.15) is 55.4 Å². The Balaban J connectivity index is 1.44. The van der Waals surface area contributed by atoms with E-state index in [-0.39, 0.29) is 17.2 Å². The van der Waals surface area contributed by atoms with E-state index in [0.717, 1.165) is 19.5 Å². The third kappa shape index (κ3) is 3.81. The van der Waals surface area contributed by atoms with Gasteiger partial charge in [0.05, 0.1) is 25.7 Å². The van der Waals surface area contributed by atoms with Crippen LogP contribution in [0.15, 0.2) is 12.5 Å². The second-order valence-electron chi connectivity index (χ2n) is 8.73. The number of rotatable bonds is 4. The molecule has 1 saturated carbocycles. The van der Waals surface area contributed by atoms with Gasteiger partial charge >= 0.3 is 0 Å². The van der Waals surface area contributed by atoms with Gasteiger partial charge in [0.15, 0.2) is 0 Å². The van der Waals surface area contributed by atoms with Crippen LogP contribution >= 0.6 is 0 Å². The molecule has 3 aliphatic rings. The minimum Gasteiger partial charge on any atom is -0.378 e. The number of morpholine rings is 1. The van der Waals surface area contributed by atoms with E-state index in [0.29, 0.717) is 44.3 Å². The van der Waals surface area contributed by atoms with Gasteiger partial charge < -0.3 is 19.1 Å². The number of hydrogen-bond acceptors (Lipinski definition) is 4. The molecule has 1 unspecified atom stereocenters. The topological polar surface area (TPSA) is 67.7 Å². The molecule has 7 nitrogen and oxygen atoms in total. The Hall–Kier alpha value is -1.89. The molecule has 0 bridgehead atoms. The zero-order valence-electron chi connectivity index (χ0n) is 16.9. The third-order valence-corrected chi connectivity index (χ3v) is 7.06. The maximum Gasteiger partial charge on any atom is 0.272 e. The zero-order valence-corrected chi connectivity index (χ0v) is 16.9. The van der Waals surface area contributed by atoms with Crippen LogP contribution in [0.2, 0.25) is 0 Å². The smallest absolute Gasteiger partial charge is 0.272 e. The van der Waals surface area contributed by atoms with E-state index in [2.05, 4.69) is 4.98 Å². The molecule has 1 atom stereocenters. The molecular weight excluding hydrogens is 356 g/mol. The van der Waals surface area contributed by atoms with Gasteiger partial charge in [0.2, 0.25) is 5.91 Å². The van der Waals surface area contributed by atoms with E-state index in [4.69, 9.17) is 4.74 Å². The number of amides is 2. The van der Waals surface area contributed by atoms with Crippen molar-refractivity contribution in [3.63, 3.8) is 0 Å². The molecule has 1 aromatic rings. The number of likely N-dealkylation sites (tertiary alicyclic amines) is 1. The summed E-state index contributed by atoms with van der Waals surface area (Å²) >= 11 is 0. The molecular formula is C21H32N4O3. The number of carbonyl (C=O) groups excluding carboxylic acids is 2. The Kier molecular flexibility index (Phi) is 5.71. The molecule has 2 aliphatic heterocycles. The number of ether oxygens (including phenoxy) is 1. The van der Waals surface area contributed by atoms with Gasteiger partial charge in [-0.15, -0.1) is 0 Å². The summed E-state index contributed by atoms with van der Waals surface area (Å²) in [5.74, 6) is 0.729. The maximum absolute atomic E-state index is 13.1. The summed E-state index contributed by atoms with van der Waals surface area (Å²) in [6.07, 6.45) is 10.9. The van der Waals surface area contributed by atoms with E-state index in [1.807, 2.05) is 16.8 Å². The SMILES string of the molecule is Cn1cncc1C(=O)N1CC(CCC(=O)N2CCOCC2)C2(CCCCC2)C1. The van der Waals surface area contributed by atoms with Crippen molar-refractivity contribution in [3.8, 4) is 0 Å². The molecule has 28 heavy (non-hydrogen) atoms. The molecule has 0 N–H and O–H groups in total. The van der Waals surface area contributed by atoms with Crippen molar-refractivity contribution >= 4 is 11.8 Å². The van der Waals surface area contributed by atoms with Crippen LogP contribution in [0.3, 0.4) is 0 Å². The van der Waals surface area contributed by atoms with Crippen LogP contribution in [0, 0.1) is 11.3 Å². The Labute approximate surface area is 167 Å². The molecule has 0 aromatic carbocycles. The molecule has 1 aliphatic carbocycles. The summed E-state index contributed by atoms with van der Waals surface area (Å²) in [6.45, 7) is 4.30. The lowest BCUT2D eigenvalue weighted by atomic mass is 9.66. The van der Waals surface area contributed by atoms with Crippen LogP contribution in [-0.2, 0) is 16.6 Å². The Morgan fingerprint density at radius 1 is 1.18 bits per heavy atom. The van der Waals surface area contributed by atoms with E-state index >= 15 is 0 Å². The first-order valence-corrected chi connectivity index (χ1v) is 10.7. The van der Waals surface area contributed by atoms with Crippen molar-refractivity contribution < 1.29 is 14.3 Å². The molecule has 2 saturated heterocycles. The molecule has 7 heteroatoms. The number of imidazole rings is 1. The number of carbonyl (C=O) groups is 2. The van der Waals surface area contributed by atoms with Gasteiger partial charge in [-0.3, -0.25) is 9.59 Å². The summed E-state index contributed by atoms with van der Waals surface area (Å²) in [4.78, 5) is 33.8. The van der Waals surface area contributed by atoms with Crippen LogP contribution in [0.25, 0.3) is 0 Å². The average molecular weight is 389 g/mol. The highest BCUT2D eigenvalue weighted by Gasteiger charge is 2.48. The highest BCUT2D eigenvalue weighted by molar-refractivity contribution is 5.92. The number of nitrogens with zero attached hydrogens (tertiary/aromatic N) is 4. The standard InChI is InChI=1S/C21H32N4O3/c1-23-16-22-13-18(23)20(27)25-14-17(21(15-25)7-3-2-4-8-21)5-6-19(26)24-9-11-28-12-10-24/h13,16-17H,2-12,14-15H2,1H3. The molecule has 154 valence electrons. The highest BCUT2D eigenvalue weighted by Crippen LogP contribution is 2.49. The lowest BCUT2D eigenvalue weighted by Gasteiger charge is -2.38. The van der Waals surface area contributed by atoms with Crippen LogP contribution < -0.4 is 0 Å². The summed E-state index contributed by atoms with van der Waals surface area (Å²) in [5.41, 5.74) is 0.841. The van der Waals surface area contributed by atoms with Crippen molar-refractivity contribution in [2.75, 3.05) is 39.4 Å². The molecule has 2 amide bonds. The largest absolute Gasteiger partial charge is 0.378 e. The van der Waals surface area contributed by atoms with Crippen LogP contribution in [0.4, 0.5) is 0 Å². The lowest BCUT2D eigenvalue weighted by Crippen LogP contribution is -2.41. The quantitative estimate of drug-likeness (QED) is 0.792. The van der Waals surface area contributed by atoms with Gasteiger partial charge in [0.25, 0.3) is 5.91 Å². The van der Waals surface area contributed by atoms with Crippen molar-refractivity contribution in [2.24, 2.45) is 18.4 Å². The summed E-state index contributed by atoms with van der Waals surface area (Å²) < 4.78 is 7.15.